The van der Waals surface area contributed by atoms with Gasteiger partial charge in [0.25, 0.3) is 5.56 Å². The quantitative estimate of drug-likeness (QED) is 0.571. The van der Waals surface area contributed by atoms with Crippen molar-refractivity contribution in [1.29, 1.82) is 0 Å². The molecule has 0 aliphatic carbocycles. The predicted molar refractivity (Wildman–Crippen MR) is 108 cm³/mol. The van der Waals surface area contributed by atoms with Crippen molar-refractivity contribution in [2.24, 2.45) is 0 Å². The Morgan fingerprint density at radius 2 is 2.04 bits per heavy atom. The van der Waals surface area contributed by atoms with E-state index in [0.717, 1.165) is 0 Å². The highest BCUT2D eigenvalue weighted by Crippen LogP contribution is 2.27. The molecule has 0 spiro atoms. The molecule has 0 aliphatic heterocycles. The number of hydrogen-bond acceptors (Lipinski definition) is 5. The van der Waals surface area contributed by atoms with Crippen LogP contribution in [0.2, 0.25) is 10.0 Å². The van der Waals surface area contributed by atoms with Crippen molar-refractivity contribution in [3.8, 4) is 5.75 Å². The zero-order valence-electron chi connectivity index (χ0n) is 14.7. The lowest BCUT2D eigenvalue weighted by Gasteiger charge is -2.10. The minimum atomic E-state index is -0.616. The van der Waals surface area contributed by atoms with Crippen LogP contribution in [0.3, 0.4) is 0 Å². The van der Waals surface area contributed by atoms with Crippen molar-refractivity contribution < 1.29 is 14.6 Å². The van der Waals surface area contributed by atoms with Gasteiger partial charge in [0, 0.05) is 23.3 Å². The van der Waals surface area contributed by atoms with Crippen molar-refractivity contribution in [3.05, 3.63) is 63.1 Å². The van der Waals surface area contributed by atoms with Gasteiger partial charge in [0.2, 0.25) is 5.91 Å². The fraction of sp³-hybridized carbons (Fsp3) is 0.211. The summed E-state index contributed by atoms with van der Waals surface area (Å²) in [6.45, 7) is 0.162. The van der Waals surface area contributed by atoms with E-state index in [1.165, 1.54) is 10.9 Å². The van der Waals surface area contributed by atoms with Gasteiger partial charge in [-0.3, -0.25) is 14.2 Å². The number of halogens is 2. The Kier molecular flexibility index (Phi) is 6.51. The number of rotatable bonds is 7. The summed E-state index contributed by atoms with van der Waals surface area (Å²) < 4.78 is 7.11. The topological polar surface area (TPSA) is 93.5 Å². The standard InChI is InChI=1S/C19H17Cl2N3O4/c20-12-2-5-15(21)17(8-12)28-7-1-6-24-11-22-16-9-13(23-18(26)10-25)3-4-14(16)19(24)27/h2-5,8-9,11,25H,1,6-7,10H2,(H,23,26). The smallest absolute Gasteiger partial charge is 0.261 e. The number of aliphatic hydroxyl groups excluding tert-OH is 1. The minimum absolute atomic E-state index is 0.189. The van der Waals surface area contributed by atoms with Gasteiger partial charge in [0.15, 0.2) is 0 Å². The summed E-state index contributed by atoms with van der Waals surface area (Å²) >= 11 is 12.0. The third-order valence-corrected chi connectivity index (χ3v) is 4.49. The number of carbonyl (C=O) groups is 1. The Hall–Kier alpha value is -2.61. The summed E-state index contributed by atoms with van der Waals surface area (Å²) in [6, 6.07) is 9.75. The number of nitrogens with zero attached hydrogens (tertiary/aromatic N) is 2. The molecule has 28 heavy (non-hydrogen) atoms. The lowest BCUT2D eigenvalue weighted by atomic mass is 10.2. The van der Waals surface area contributed by atoms with Crippen LogP contribution in [-0.4, -0.2) is 33.8 Å². The van der Waals surface area contributed by atoms with Gasteiger partial charge in [-0.15, -0.1) is 0 Å². The summed E-state index contributed by atoms with van der Waals surface area (Å²) in [5, 5.41) is 12.7. The number of nitrogens with one attached hydrogen (secondary N) is 1. The van der Waals surface area contributed by atoms with Crippen LogP contribution in [0.15, 0.2) is 47.5 Å². The Balaban J connectivity index is 1.66. The first-order valence-electron chi connectivity index (χ1n) is 8.45. The van der Waals surface area contributed by atoms with Crippen LogP contribution in [0.4, 0.5) is 5.69 Å². The largest absolute Gasteiger partial charge is 0.492 e. The van der Waals surface area contributed by atoms with Crippen LogP contribution in [0.25, 0.3) is 10.9 Å². The van der Waals surface area contributed by atoms with Crippen molar-refractivity contribution in [1.82, 2.24) is 9.55 Å². The molecule has 0 atom stereocenters. The Morgan fingerprint density at radius 3 is 2.82 bits per heavy atom. The molecule has 146 valence electrons. The molecule has 0 bridgehead atoms. The van der Waals surface area contributed by atoms with Crippen molar-refractivity contribution in [2.45, 2.75) is 13.0 Å². The summed E-state index contributed by atoms with van der Waals surface area (Å²) in [6.07, 6.45) is 2.02. The number of aliphatic hydroxyl groups is 1. The second kappa shape index (κ2) is 9.05. The molecule has 0 aliphatic rings. The lowest BCUT2D eigenvalue weighted by molar-refractivity contribution is -0.118. The molecule has 2 N–H and O–H groups in total. The molecule has 0 unspecified atom stereocenters. The van der Waals surface area contributed by atoms with E-state index in [2.05, 4.69) is 10.3 Å². The van der Waals surface area contributed by atoms with Crippen LogP contribution in [0.5, 0.6) is 5.75 Å². The first-order valence-corrected chi connectivity index (χ1v) is 9.21. The molecule has 3 aromatic rings. The highest BCUT2D eigenvalue weighted by Gasteiger charge is 2.07. The summed E-state index contributed by atoms with van der Waals surface area (Å²) in [5.41, 5.74) is 0.729. The molecule has 3 rings (SSSR count). The molecule has 1 aromatic heterocycles. The second-order valence-corrected chi connectivity index (χ2v) is 6.80. The Labute approximate surface area is 170 Å². The van der Waals surface area contributed by atoms with E-state index < -0.39 is 12.5 Å². The Morgan fingerprint density at radius 1 is 1.21 bits per heavy atom. The van der Waals surface area contributed by atoms with Crippen molar-refractivity contribution in [2.75, 3.05) is 18.5 Å². The maximum Gasteiger partial charge on any atom is 0.261 e. The van der Waals surface area contributed by atoms with E-state index in [4.69, 9.17) is 33.0 Å². The van der Waals surface area contributed by atoms with E-state index in [0.29, 0.717) is 52.0 Å². The number of fused-ring (bicyclic) bond motifs is 1. The van der Waals surface area contributed by atoms with E-state index in [9.17, 15) is 9.59 Å². The number of amides is 1. The normalized spacial score (nSPS) is 10.8. The van der Waals surface area contributed by atoms with Crippen LogP contribution < -0.4 is 15.6 Å². The van der Waals surface area contributed by atoms with Gasteiger partial charge < -0.3 is 15.2 Å². The SMILES string of the molecule is O=C(CO)Nc1ccc2c(=O)n(CCCOc3cc(Cl)ccc3Cl)cnc2c1. The Bertz CT molecular complexity index is 1070. The molecule has 9 heteroatoms. The third kappa shape index (κ3) is 4.81. The molecular formula is C19H17Cl2N3O4. The van der Waals surface area contributed by atoms with Gasteiger partial charge in [-0.05, 0) is 36.8 Å². The zero-order chi connectivity index (χ0) is 20.1. The number of ether oxygens (including phenoxy) is 1. The van der Waals surface area contributed by atoms with E-state index in [1.807, 2.05) is 0 Å². The number of hydrogen-bond donors (Lipinski definition) is 2. The molecule has 7 nitrogen and oxygen atoms in total. The van der Waals surface area contributed by atoms with Crippen molar-refractivity contribution >= 4 is 45.7 Å². The number of anilines is 1. The third-order valence-electron chi connectivity index (χ3n) is 3.95. The average molecular weight is 422 g/mol. The van der Waals surface area contributed by atoms with Crippen LogP contribution in [0.1, 0.15) is 6.42 Å². The fourth-order valence-corrected chi connectivity index (χ4v) is 2.93. The summed E-state index contributed by atoms with van der Waals surface area (Å²) in [5.74, 6) is -0.0388. The summed E-state index contributed by atoms with van der Waals surface area (Å²) in [4.78, 5) is 28.1. The van der Waals surface area contributed by atoms with Crippen molar-refractivity contribution in [3.63, 3.8) is 0 Å². The highest BCUT2D eigenvalue weighted by molar-refractivity contribution is 6.34. The molecule has 0 fully saturated rings. The zero-order valence-corrected chi connectivity index (χ0v) is 16.2. The lowest BCUT2D eigenvalue weighted by Crippen LogP contribution is -2.22. The van der Waals surface area contributed by atoms with Gasteiger partial charge in [0.1, 0.15) is 12.4 Å². The fourth-order valence-electron chi connectivity index (χ4n) is 2.60. The van der Waals surface area contributed by atoms with Crippen LogP contribution >= 0.6 is 23.2 Å². The van der Waals surface area contributed by atoms with E-state index in [1.54, 1.807) is 36.4 Å². The van der Waals surface area contributed by atoms with E-state index in [-0.39, 0.29) is 5.56 Å². The minimum Gasteiger partial charge on any atom is -0.492 e. The molecular weight excluding hydrogens is 405 g/mol. The molecule has 2 aromatic carbocycles. The average Bonchev–Trinajstić information content (AvgIpc) is 2.69. The number of benzene rings is 2. The predicted octanol–water partition coefficient (Wildman–Crippen LogP) is 3.10. The molecule has 0 saturated carbocycles. The molecule has 1 amide bonds. The molecule has 0 saturated heterocycles. The van der Waals surface area contributed by atoms with Crippen LogP contribution in [-0.2, 0) is 11.3 Å². The maximum absolute atomic E-state index is 12.6. The number of aromatic nitrogens is 2. The molecule has 1 heterocycles. The second-order valence-electron chi connectivity index (χ2n) is 5.96. The monoisotopic (exact) mass is 421 g/mol. The van der Waals surface area contributed by atoms with Crippen LogP contribution in [0, 0.1) is 0 Å². The van der Waals surface area contributed by atoms with Gasteiger partial charge in [-0.1, -0.05) is 23.2 Å². The first-order chi connectivity index (χ1) is 13.5. The molecule has 0 radical (unpaired) electrons. The number of aryl methyl sites for hydroxylation is 1. The van der Waals surface area contributed by atoms with Gasteiger partial charge in [-0.25, -0.2) is 4.98 Å². The maximum atomic E-state index is 12.6. The summed E-state index contributed by atoms with van der Waals surface area (Å²) in [7, 11) is 0. The first kappa shape index (κ1) is 20.1. The highest BCUT2D eigenvalue weighted by atomic mass is 35.5. The van der Waals surface area contributed by atoms with Gasteiger partial charge in [0.05, 0.1) is 28.9 Å². The van der Waals surface area contributed by atoms with Gasteiger partial charge >= 0.3 is 0 Å². The number of carbonyl (C=O) groups excluding carboxylic acids is 1. The van der Waals surface area contributed by atoms with E-state index >= 15 is 0 Å². The van der Waals surface area contributed by atoms with Gasteiger partial charge in [-0.2, -0.15) is 0 Å².